The molecule has 3 rings (SSSR count). The van der Waals surface area contributed by atoms with Crippen LogP contribution in [-0.2, 0) is 16.0 Å². The molecule has 0 radical (unpaired) electrons. The topological polar surface area (TPSA) is 81.2 Å². The third kappa shape index (κ3) is 4.37. The molecule has 1 saturated heterocycles. The van der Waals surface area contributed by atoms with Gasteiger partial charge in [-0.25, -0.2) is 14.1 Å². The number of aliphatic carboxylic acids is 1. The molecule has 1 atom stereocenters. The lowest BCUT2D eigenvalue weighted by molar-refractivity contribution is -0.139. The van der Waals surface area contributed by atoms with Crippen LogP contribution >= 0.6 is 0 Å². The predicted molar refractivity (Wildman–Crippen MR) is 107 cm³/mol. The van der Waals surface area contributed by atoms with Crippen molar-refractivity contribution in [3.63, 3.8) is 0 Å². The van der Waals surface area contributed by atoms with E-state index in [1.165, 1.54) is 17.0 Å². The maximum Gasteiger partial charge on any atom is 0.332 e. The van der Waals surface area contributed by atoms with Crippen LogP contribution in [0.4, 0.5) is 20.6 Å². The molecule has 0 aromatic heterocycles. The number of nitrogens with zero attached hydrogens (tertiary/aromatic N) is 3. The van der Waals surface area contributed by atoms with Gasteiger partial charge in [-0.3, -0.25) is 9.59 Å². The fourth-order valence-corrected chi connectivity index (χ4v) is 3.29. The number of halogens is 1. The van der Waals surface area contributed by atoms with Crippen LogP contribution in [0.25, 0.3) is 0 Å². The van der Waals surface area contributed by atoms with Gasteiger partial charge in [0, 0.05) is 26.3 Å². The number of benzene rings is 2. The molecule has 1 aliphatic heterocycles. The number of amides is 3. The summed E-state index contributed by atoms with van der Waals surface area (Å²) >= 11 is 0. The van der Waals surface area contributed by atoms with Gasteiger partial charge in [0.1, 0.15) is 11.9 Å². The zero-order valence-electron chi connectivity index (χ0n) is 16.2. The molecule has 8 heteroatoms. The average molecular weight is 399 g/mol. The van der Waals surface area contributed by atoms with Gasteiger partial charge in [0.15, 0.2) is 0 Å². The van der Waals surface area contributed by atoms with Crippen LogP contribution in [0.15, 0.2) is 48.5 Å². The van der Waals surface area contributed by atoms with E-state index in [9.17, 15) is 23.9 Å². The van der Waals surface area contributed by atoms with Crippen molar-refractivity contribution in [2.24, 2.45) is 0 Å². The maximum absolute atomic E-state index is 13.2. The van der Waals surface area contributed by atoms with E-state index < -0.39 is 36.2 Å². The molecule has 1 aliphatic rings. The van der Waals surface area contributed by atoms with Crippen LogP contribution in [0.1, 0.15) is 12.0 Å². The molecule has 7 nitrogen and oxygen atoms in total. The molecule has 0 saturated carbocycles. The molecule has 2 aromatic rings. The molecule has 1 unspecified atom stereocenters. The number of carbonyl (C=O) groups is 3. The molecule has 0 aliphatic carbocycles. The predicted octanol–water partition coefficient (Wildman–Crippen LogP) is 2.75. The zero-order chi connectivity index (χ0) is 21.1. The Morgan fingerprint density at radius 2 is 1.69 bits per heavy atom. The Labute approximate surface area is 167 Å². The van der Waals surface area contributed by atoms with E-state index in [1.807, 2.05) is 43.3 Å². The van der Waals surface area contributed by atoms with E-state index in [0.717, 1.165) is 28.3 Å². The number of urea groups is 1. The third-order valence-electron chi connectivity index (χ3n) is 4.87. The van der Waals surface area contributed by atoms with Crippen molar-refractivity contribution in [3.05, 3.63) is 59.9 Å². The molecule has 2 aromatic carbocycles. The molecular formula is C21H22FN3O4. The number of imide groups is 1. The van der Waals surface area contributed by atoms with Crippen molar-refractivity contribution >= 4 is 29.3 Å². The van der Waals surface area contributed by atoms with E-state index in [1.54, 1.807) is 0 Å². The number of anilines is 2. The van der Waals surface area contributed by atoms with Gasteiger partial charge < -0.3 is 14.9 Å². The highest BCUT2D eigenvalue weighted by Crippen LogP contribution is 2.27. The van der Waals surface area contributed by atoms with Crippen LogP contribution in [0.2, 0.25) is 0 Å². The highest BCUT2D eigenvalue weighted by molar-refractivity contribution is 6.21. The standard InChI is InChI=1S/C21H22FN3O4/c1-23(2)16-7-3-14(4-8-16)11-12-24-18(13-19(26)27)20(28)25(21(24)29)17-9-5-15(22)6-10-17/h3-10,18H,11-13H2,1-2H3,(H,26,27). The van der Waals surface area contributed by atoms with Crippen molar-refractivity contribution in [1.82, 2.24) is 4.90 Å². The fraction of sp³-hybridized carbons (Fsp3) is 0.286. The molecule has 3 amide bonds. The summed E-state index contributed by atoms with van der Waals surface area (Å²) in [5, 5.41) is 9.19. The van der Waals surface area contributed by atoms with E-state index in [-0.39, 0.29) is 12.2 Å². The van der Waals surface area contributed by atoms with Crippen LogP contribution in [-0.4, -0.2) is 54.6 Å². The summed E-state index contributed by atoms with van der Waals surface area (Å²) in [6.07, 6.45) is -0.0120. The first-order valence-corrected chi connectivity index (χ1v) is 9.16. The number of hydrogen-bond acceptors (Lipinski definition) is 4. The Bertz CT molecular complexity index is 913. The summed E-state index contributed by atoms with van der Waals surface area (Å²) in [6, 6.07) is 11.0. The molecule has 1 heterocycles. The van der Waals surface area contributed by atoms with E-state index in [0.29, 0.717) is 6.42 Å². The maximum atomic E-state index is 13.2. The van der Waals surface area contributed by atoms with Crippen molar-refractivity contribution in [3.8, 4) is 0 Å². The minimum atomic E-state index is -1.17. The lowest BCUT2D eigenvalue weighted by atomic mass is 10.1. The lowest BCUT2D eigenvalue weighted by Crippen LogP contribution is -2.38. The molecular weight excluding hydrogens is 377 g/mol. The molecule has 29 heavy (non-hydrogen) atoms. The Hall–Kier alpha value is -3.42. The van der Waals surface area contributed by atoms with Gasteiger partial charge in [-0.15, -0.1) is 0 Å². The lowest BCUT2D eigenvalue weighted by Gasteiger charge is -2.21. The third-order valence-corrected chi connectivity index (χ3v) is 4.87. The Balaban J connectivity index is 1.80. The number of rotatable bonds is 7. The molecule has 1 N–H and O–H groups in total. The monoisotopic (exact) mass is 399 g/mol. The summed E-state index contributed by atoms with van der Waals surface area (Å²) < 4.78 is 13.2. The molecule has 1 fully saturated rings. The van der Waals surface area contributed by atoms with Crippen molar-refractivity contribution in [2.75, 3.05) is 30.4 Å². The summed E-state index contributed by atoms with van der Waals surface area (Å²) in [5.41, 5.74) is 2.21. The second-order valence-electron chi connectivity index (χ2n) is 7.05. The largest absolute Gasteiger partial charge is 0.481 e. The summed E-state index contributed by atoms with van der Waals surface area (Å²) in [4.78, 5) is 41.1. The van der Waals surface area contributed by atoms with Crippen molar-refractivity contribution < 1.29 is 23.9 Å². The van der Waals surface area contributed by atoms with Gasteiger partial charge in [0.05, 0.1) is 12.1 Å². The fourth-order valence-electron chi connectivity index (χ4n) is 3.29. The highest BCUT2D eigenvalue weighted by atomic mass is 19.1. The molecule has 0 spiro atoms. The van der Waals surface area contributed by atoms with Gasteiger partial charge in [0.2, 0.25) is 0 Å². The number of carbonyl (C=O) groups excluding carboxylic acids is 2. The van der Waals surface area contributed by atoms with Gasteiger partial charge in [-0.1, -0.05) is 12.1 Å². The number of carboxylic acid groups (broad SMARTS) is 1. The summed E-state index contributed by atoms with van der Waals surface area (Å²) in [6.45, 7) is 0.196. The first kappa shape index (κ1) is 20.3. The first-order valence-electron chi connectivity index (χ1n) is 9.16. The van der Waals surface area contributed by atoms with Crippen LogP contribution in [0, 0.1) is 5.82 Å². The van der Waals surface area contributed by atoms with E-state index >= 15 is 0 Å². The zero-order valence-corrected chi connectivity index (χ0v) is 16.2. The van der Waals surface area contributed by atoms with Crippen molar-refractivity contribution in [1.29, 1.82) is 0 Å². The Morgan fingerprint density at radius 1 is 1.07 bits per heavy atom. The van der Waals surface area contributed by atoms with E-state index in [4.69, 9.17) is 0 Å². The van der Waals surface area contributed by atoms with Gasteiger partial charge in [-0.2, -0.15) is 0 Å². The normalized spacial score (nSPS) is 16.4. The van der Waals surface area contributed by atoms with E-state index in [2.05, 4.69) is 0 Å². The summed E-state index contributed by atoms with van der Waals surface area (Å²) in [7, 11) is 3.87. The smallest absolute Gasteiger partial charge is 0.332 e. The minimum Gasteiger partial charge on any atom is -0.481 e. The summed E-state index contributed by atoms with van der Waals surface area (Å²) in [5.74, 6) is -2.28. The second kappa shape index (κ2) is 8.30. The number of carboxylic acids is 1. The molecule has 152 valence electrons. The van der Waals surface area contributed by atoms with Gasteiger partial charge in [-0.05, 0) is 48.4 Å². The Kier molecular flexibility index (Phi) is 5.81. The quantitative estimate of drug-likeness (QED) is 0.724. The Morgan fingerprint density at radius 3 is 2.24 bits per heavy atom. The van der Waals surface area contributed by atoms with Crippen molar-refractivity contribution in [2.45, 2.75) is 18.9 Å². The number of hydrogen-bond donors (Lipinski definition) is 1. The van der Waals surface area contributed by atoms with Crippen LogP contribution in [0.3, 0.4) is 0 Å². The minimum absolute atomic E-state index is 0.196. The average Bonchev–Trinajstić information content (AvgIpc) is 2.90. The first-order chi connectivity index (χ1) is 13.8. The van der Waals surface area contributed by atoms with Gasteiger partial charge in [0.25, 0.3) is 5.91 Å². The van der Waals surface area contributed by atoms with Crippen LogP contribution < -0.4 is 9.80 Å². The molecule has 0 bridgehead atoms. The SMILES string of the molecule is CN(C)c1ccc(CCN2C(=O)N(c3ccc(F)cc3)C(=O)C2CC(=O)O)cc1. The van der Waals surface area contributed by atoms with Gasteiger partial charge >= 0.3 is 12.0 Å². The van der Waals surface area contributed by atoms with Crippen LogP contribution in [0.5, 0.6) is 0 Å². The second-order valence-corrected chi connectivity index (χ2v) is 7.05. The highest BCUT2D eigenvalue weighted by Gasteiger charge is 2.46.